The third kappa shape index (κ3) is 4.37. The second kappa shape index (κ2) is 10.5. The third-order valence-corrected chi connectivity index (χ3v) is 11.6. The smallest absolute Gasteiger partial charge is 0.262 e. The first-order valence-electron chi connectivity index (χ1n) is 12.9. The van der Waals surface area contributed by atoms with Gasteiger partial charge in [0.25, 0.3) is 11.3 Å². The molecule has 5 aromatic rings. The van der Waals surface area contributed by atoms with E-state index in [9.17, 15) is 0 Å². The van der Waals surface area contributed by atoms with Crippen LogP contribution in [0, 0.1) is 0 Å². The highest BCUT2D eigenvalue weighted by molar-refractivity contribution is 8.01. The lowest BCUT2D eigenvalue weighted by atomic mass is 10.1. The molecule has 6 rings (SSSR count). The van der Waals surface area contributed by atoms with Crippen LogP contribution in [0.5, 0.6) is 0 Å². The molecule has 0 amide bonds. The van der Waals surface area contributed by atoms with Crippen molar-refractivity contribution in [2.75, 3.05) is 18.0 Å². The second-order valence-corrected chi connectivity index (χ2v) is 13.1. The fraction of sp³-hybridized carbons (Fsp3) is 0.156. The van der Waals surface area contributed by atoms with Crippen LogP contribution in [0.2, 0.25) is 5.02 Å². The fourth-order valence-electron chi connectivity index (χ4n) is 5.34. The van der Waals surface area contributed by atoms with Crippen molar-refractivity contribution in [2.24, 2.45) is 0 Å². The van der Waals surface area contributed by atoms with Gasteiger partial charge in [0.2, 0.25) is 5.89 Å². The molecule has 0 bridgehead atoms. The van der Waals surface area contributed by atoms with Gasteiger partial charge in [0, 0.05) is 13.1 Å². The highest BCUT2D eigenvalue weighted by Gasteiger charge is 2.53. The van der Waals surface area contributed by atoms with E-state index in [-0.39, 0.29) is 0 Å². The summed E-state index contributed by atoms with van der Waals surface area (Å²) in [5.41, 5.74) is 1.83. The van der Waals surface area contributed by atoms with E-state index in [4.69, 9.17) is 21.0 Å². The van der Waals surface area contributed by atoms with Gasteiger partial charge in [-0.05, 0) is 67.8 Å². The van der Waals surface area contributed by atoms with E-state index in [2.05, 4.69) is 95.9 Å². The summed E-state index contributed by atoms with van der Waals surface area (Å²) in [6.45, 7) is 1.92. The largest absolute Gasteiger partial charge is 0.416 e. The van der Waals surface area contributed by atoms with E-state index in [0.29, 0.717) is 10.9 Å². The van der Waals surface area contributed by atoms with Crippen LogP contribution in [0.1, 0.15) is 19.3 Å². The molecule has 0 atom stereocenters. The van der Waals surface area contributed by atoms with Crippen LogP contribution in [-0.2, 0) is 0 Å². The standard InChI is InChI=1S/C32H29ClN2OP/c33-29-22-12-11-21-28(29)30-34-31(32(36-30)35-23-13-4-14-24-35)37(25-15-5-1-6-16-25,26-17-7-2-8-18-26)27-19-9-3-10-20-27/h1-3,5-12,15-22H,4,13-14,23-24H2/q+1. The Balaban J connectivity index is 1.72. The average Bonchev–Trinajstić information content (AvgIpc) is 3.41. The summed E-state index contributed by atoms with van der Waals surface area (Å²) in [5.74, 6) is 1.45. The number of anilines is 1. The van der Waals surface area contributed by atoms with Gasteiger partial charge in [-0.25, -0.2) is 0 Å². The summed E-state index contributed by atoms with van der Waals surface area (Å²) >= 11 is 6.67. The summed E-state index contributed by atoms with van der Waals surface area (Å²) in [6, 6.07) is 40.3. The first kappa shape index (κ1) is 24.0. The van der Waals surface area contributed by atoms with E-state index >= 15 is 0 Å². The summed E-state index contributed by atoms with van der Waals surface area (Å²) < 4.78 is 6.75. The SMILES string of the molecule is Clc1ccccc1-c1nc([P+](c2ccccc2)(c2ccccc2)c2ccccc2)c(N2CCCCC2)o1. The van der Waals surface area contributed by atoms with Crippen molar-refractivity contribution in [1.29, 1.82) is 0 Å². The molecule has 4 aromatic carbocycles. The molecule has 1 aliphatic heterocycles. The Morgan fingerprint density at radius 3 is 1.62 bits per heavy atom. The van der Waals surface area contributed by atoms with Gasteiger partial charge in [0.05, 0.1) is 10.6 Å². The Morgan fingerprint density at radius 1 is 0.622 bits per heavy atom. The topological polar surface area (TPSA) is 29.3 Å². The number of halogens is 1. The molecule has 184 valence electrons. The molecule has 5 heteroatoms. The molecule has 0 unspecified atom stereocenters. The Morgan fingerprint density at radius 2 is 1.11 bits per heavy atom. The minimum atomic E-state index is -2.41. The molecule has 1 aromatic heterocycles. The number of benzene rings is 4. The molecule has 1 fully saturated rings. The molecule has 1 aliphatic rings. The lowest BCUT2D eigenvalue weighted by Gasteiger charge is -2.30. The lowest BCUT2D eigenvalue weighted by Crippen LogP contribution is -2.42. The molecule has 0 radical (unpaired) electrons. The van der Waals surface area contributed by atoms with Crippen LogP contribution in [0.25, 0.3) is 11.5 Å². The molecule has 0 N–H and O–H groups in total. The van der Waals surface area contributed by atoms with Crippen molar-refractivity contribution in [2.45, 2.75) is 19.3 Å². The maximum atomic E-state index is 6.75. The number of aromatic nitrogens is 1. The molecule has 0 aliphatic carbocycles. The van der Waals surface area contributed by atoms with Gasteiger partial charge in [-0.15, -0.1) is 0 Å². The average molecular weight is 524 g/mol. The van der Waals surface area contributed by atoms with Crippen LogP contribution in [0.15, 0.2) is 120 Å². The Labute approximate surface area is 224 Å². The lowest BCUT2D eigenvalue weighted by molar-refractivity contribution is 0.506. The van der Waals surface area contributed by atoms with E-state index in [1.165, 1.54) is 22.3 Å². The molecule has 1 saturated heterocycles. The molecule has 0 saturated carbocycles. The molecular formula is C32H29ClN2OP+. The minimum Gasteiger partial charge on any atom is -0.416 e. The second-order valence-electron chi connectivity index (χ2n) is 9.35. The van der Waals surface area contributed by atoms with Crippen molar-refractivity contribution in [3.8, 4) is 11.5 Å². The monoisotopic (exact) mass is 523 g/mol. The van der Waals surface area contributed by atoms with Crippen molar-refractivity contribution in [1.82, 2.24) is 4.98 Å². The van der Waals surface area contributed by atoms with Crippen LogP contribution in [-0.4, -0.2) is 18.1 Å². The number of hydrogen-bond acceptors (Lipinski definition) is 3. The summed E-state index contributed by atoms with van der Waals surface area (Å²) in [7, 11) is -2.41. The zero-order chi connectivity index (χ0) is 25.1. The maximum Gasteiger partial charge on any atom is 0.262 e. The predicted octanol–water partition coefficient (Wildman–Crippen LogP) is 6.60. The summed E-state index contributed by atoms with van der Waals surface area (Å²) in [5, 5.41) is 4.41. The van der Waals surface area contributed by atoms with Gasteiger partial charge in [-0.3, -0.25) is 0 Å². The zero-order valence-corrected chi connectivity index (χ0v) is 22.3. The highest BCUT2D eigenvalue weighted by Crippen LogP contribution is 2.56. The van der Waals surface area contributed by atoms with Crippen molar-refractivity contribution >= 4 is 46.1 Å². The Bertz CT molecular complexity index is 1370. The molecule has 2 heterocycles. The van der Waals surface area contributed by atoms with Crippen LogP contribution in [0.4, 0.5) is 5.88 Å². The third-order valence-electron chi connectivity index (χ3n) is 7.09. The van der Waals surface area contributed by atoms with Gasteiger partial charge in [0.15, 0.2) is 7.26 Å². The normalized spacial score (nSPS) is 14.0. The Kier molecular flexibility index (Phi) is 6.83. The molecule has 37 heavy (non-hydrogen) atoms. The Hall–Kier alpha value is -3.39. The molecule has 0 spiro atoms. The van der Waals surface area contributed by atoms with Gasteiger partial charge in [-0.1, -0.05) is 78.3 Å². The number of rotatable bonds is 6. The van der Waals surface area contributed by atoms with Gasteiger partial charge in [0.1, 0.15) is 15.9 Å². The first-order chi connectivity index (χ1) is 18.3. The number of hydrogen-bond donors (Lipinski definition) is 0. The molecular weight excluding hydrogens is 495 g/mol. The van der Waals surface area contributed by atoms with E-state index in [1.54, 1.807) is 0 Å². The maximum absolute atomic E-state index is 6.75. The number of nitrogens with zero attached hydrogens (tertiary/aromatic N) is 2. The van der Waals surface area contributed by atoms with Gasteiger partial charge < -0.3 is 9.32 Å². The van der Waals surface area contributed by atoms with Crippen LogP contribution < -0.4 is 26.2 Å². The minimum absolute atomic E-state index is 0.577. The van der Waals surface area contributed by atoms with E-state index in [0.717, 1.165) is 42.8 Å². The fourth-order valence-corrected chi connectivity index (χ4v) is 9.76. The van der Waals surface area contributed by atoms with Crippen LogP contribution in [0.3, 0.4) is 0 Å². The zero-order valence-electron chi connectivity index (χ0n) is 20.6. The predicted molar refractivity (Wildman–Crippen MR) is 158 cm³/mol. The van der Waals surface area contributed by atoms with E-state index < -0.39 is 7.26 Å². The van der Waals surface area contributed by atoms with Crippen molar-refractivity contribution in [3.63, 3.8) is 0 Å². The quantitative estimate of drug-likeness (QED) is 0.235. The summed E-state index contributed by atoms with van der Waals surface area (Å²) in [6.07, 6.45) is 3.54. The van der Waals surface area contributed by atoms with Gasteiger partial charge >= 0.3 is 0 Å². The number of oxazole rings is 1. The van der Waals surface area contributed by atoms with E-state index in [1.807, 2.05) is 24.3 Å². The summed E-state index contributed by atoms with van der Waals surface area (Å²) in [4.78, 5) is 7.77. The van der Waals surface area contributed by atoms with Crippen LogP contribution >= 0.6 is 18.9 Å². The molecule has 3 nitrogen and oxygen atoms in total. The van der Waals surface area contributed by atoms with Gasteiger partial charge in [-0.2, -0.15) is 4.98 Å². The highest BCUT2D eigenvalue weighted by atomic mass is 35.5. The first-order valence-corrected chi connectivity index (χ1v) is 15.0. The number of piperidine rings is 1. The van der Waals surface area contributed by atoms with Crippen molar-refractivity contribution in [3.05, 3.63) is 120 Å². The van der Waals surface area contributed by atoms with Crippen molar-refractivity contribution < 1.29 is 4.42 Å².